The van der Waals surface area contributed by atoms with Crippen LogP contribution < -0.4 is 9.92 Å². The Bertz CT molecular complexity index is 680. The van der Waals surface area contributed by atoms with Gasteiger partial charge in [-0.05, 0) is 38.0 Å². The number of hydrogen-bond donors (Lipinski definition) is 0. The molecule has 1 aromatic carbocycles. The molecule has 0 atom stereocenters. The van der Waals surface area contributed by atoms with Gasteiger partial charge in [0.2, 0.25) is 5.76 Å². The summed E-state index contributed by atoms with van der Waals surface area (Å²) >= 11 is 0. The number of benzene rings is 1. The van der Waals surface area contributed by atoms with Crippen molar-refractivity contribution >= 4 is 35.0 Å². The van der Waals surface area contributed by atoms with Gasteiger partial charge in [0.15, 0.2) is 14.1 Å². The first kappa shape index (κ1) is 24.3. The lowest BCUT2D eigenvalue weighted by Crippen LogP contribution is -2.33. The summed E-state index contributed by atoms with van der Waals surface area (Å²) in [5, 5.41) is 0.903. The van der Waals surface area contributed by atoms with E-state index in [1.807, 2.05) is 18.2 Å². The Morgan fingerprint density at radius 2 is 1.79 bits per heavy atom. The summed E-state index contributed by atoms with van der Waals surface area (Å²) in [6.45, 7) is 10.9. The Hall–Kier alpha value is -1.78. The van der Waals surface area contributed by atoms with Gasteiger partial charge in [0.1, 0.15) is 5.75 Å². The van der Waals surface area contributed by atoms with Crippen molar-refractivity contribution in [1.29, 1.82) is 0 Å². The molecule has 0 aliphatic heterocycles. The van der Waals surface area contributed by atoms with Crippen molar-refractivity contribution in [2.24, 2.45) is 5.92 Å². The topological polar surface area (TPSA) is 63.2 Å². The van der Waals surface area contributed by atoms with Gasteiger partial charge in [0, 0.05) is 5.19 Å². The quantitative estimate of drug-likeness (QED) is 0.235. The Labute approximate surface area is 172 Å². The van der Waals surface area contributed by atoms with E-state index in [-0.39, 0.29) is 21.3 Å². The van der Waals surface area contributed by atoms with Gasteiger partial charge in [0.05, 0.1) is 33.5 Å². The maximum atomic E-state index is 12.5. The molecule has 0 bridgehead atoms. The molecule has 2 radical (unpaired) electrons. The maximum absolute atomic E-state index is 12.5. The van der Waals surface area contributed by atoms with Crippen molar-refractivity contribution in [2.75, 3.05) is 27.9 Å². The number of para-hydroxylation sites is 1. The van der Waals surface area contributed by atoms with Crippen molar-refractivity contribution in [3.63, 3.8) is 0 Å². The molecule has 6 nitrogen and oxygen atoms in total. The molecule has 0 aromatic heterocycles. The molecule has 0 amide bonds. The molecule has 0 aliphatic rings. The lowest BCUT2D eigenvalue weighted by atomic mass is 10.1. The molecule has 8 heteroatoms. The second-order valence-electron chi connectivity index (χ2n) is 7.59. The zero-order valence-electron chi connectivity index (χ0n) is 18.2. The average Bonchev–Trinajstić information content (AvgIpc) is 2.62. The predicted octanol–water partition coefficient (Wildman–Crippen LogP) is 3.34. The summed E-state index contributed by atoms with van der Waals surface area (Å²) in [7, 11) is 2.95. The van der Waals surface area contributed by atoms with E-state index in [4.69, 9.17) is 23.1 Å². The zero-order valence-corrected chi connectivity index (χ0v) is 20.2. The van der Waals surface area contributed by atoms with Crippen molar-refractivity contribution in [2.45, 2.75) is 39.9 Å². The fraction of sp³-hybridized carbons (Fsp3) is 0.550. The van der Waals surface area contributed by atoms with E-state index in [9.17, 15) is 4.79 Å². The maximum Gasteiger partial charge on any atom is 0.377 e. The first-order valence-electron chi connectivity index (χ1n) is 9.25. The van der Waals surface area contributed by atoms with Gasteiger partial charge in [0.25, 0.3) is 9.76 Å². The second kappa shape index (κ2) is 11.3. The first-order valence-corrected chi connectivity index (χ1v) is 13.6. The van der Waals surface area contributed by atoms with Gasteiger partial charge in [-0.15, -0.1) is 0 Å². The Morgan fingerprint density at radius 3 is 2.29 bits per heavy atom. The third-order valence-electron chi connectivity index (χ3n) is 3.66. The summed E-state index contributed by atoms with van der Waals surface area (Å²) in [5.74, 6) is 0.757. The minimum atomic E-state index is -1.68. The number of methoxy groups -OCH3 is 3. The standard InChI is InChI=1S/C20H32O6Si2/c1-14(2)12-13-25-20(21)19(24-5)18(23-4)15-10-9-11-16(17(15)22-3)27-26-28(6,7)8/h9-11,14H,12-13H2,1-8H3. The highest BCUT2D eigenvalue weighted by molar-refractivity contribution is 6.76. The Balaban J connectivity index is 3.26. The molecule has 1 rings (SSSR count). The lowest BCUT2D eigenvalue weighted by Gasteiger charge is -2.20. The molecule has 0 N–H and O–H groups in total. The van der Waals surface area contributed by atoms with Gasteiger partial charge < -0.3 is 23.1 Å². The van der Waals surface area contributed by atoms with E-state index in [2.05, 4.69) is 33.5 Å². The van der Waals surface area contributed by atoms with E-state index in [0.717, 1.165) is 11.6 Å². The third-order valence-corrected chi connectivity index (χ3v) is 7.13. The molecule has 28 heavy (non-hydrogen) atoms. The van der Waals surface area contributed by atoms with Crippen LogP contribution in [-0.4, -0.2) is 52.0 Å². The lowest BCUT2D eigenvalue weighted by molar-refractivity contribution is -0.142. The van der Waals surface area contributed by atoms with Crippen LogP contribution in [0.5, 0.6) is 5.75 Å². The predicted molar refractivity (Wildman–Crippen MR) is 114 cm³/mol. The molecule has 1 aromatic rings. The van der Waals surface area contributed by atoms with Crippen LogP contribution in [0.3, 0.4) is 0 Å². The fourth-order valence-electron chi connectivity index (χ4n) is 2.27. The molecule has 0 fully saturated rings. The molecular weight excluding hydrogens is 392 g/mol. The number of hydrogen-bond acceptors (Lipinski definition) is 6. The third kappa shape index (κ3) is 7.33. The Morgan fingerprint density at radius 1 is 1.11 bits per heavy atom. The van der Waals surface area contributed by atoms with Gasteiger partial charge in [-0.1, -0.05) is 26.0 Å². The van der Waals surface area contributed by atoms with E-state index in [0.29, 0.717) is 23.8 Å². The monoisotopic (exact) mass is 424 g/mol. The highest BCUT2D eigenvalue weighted by Crippen LogP contribution is 2.28. The summed E-state index contributed by atoms with van der Waals surface area (Å²) in [5.41, 5.74) is 0.617. The van der Waals surface area contributed by atoms with Crippen LogP contribution in [0.1, 0.15) is 25.8 Å². The van der Waals surface area contributed by atoms with Crippen LogP contribution in [0.25, 0.3) is 5.76 Å². The zero-order chi connectivity index (χ0) is 21.3. The summed E-state index contributed by atoms with van der Waals surface area (Å²) in [4.78, 5) is 12.5. The van der Waals surface area contributed by atoms with E-state index in [1.54, 1.807) is 7.11 Å². The van der Waals surface area contributed by atoms with Crippen LogP contribution in [0, 0.1) is 5.92 Å². The van der Waals surface area contributed by atoms with Gasteiger partial charge in [-0.2, -0.15) is 0 Å². The number of carbonyl (C=O) groups excluding carboxylic acids is 1. The summed E-state index contributed by atoms with van der Waals surface area (Å²) < 4.78 is 27.9. The normalized spacial score (nSPS) is 12.5. The van der Waals surface area contributed by atoms with E-state index >= 15 is 0 Å². The molecule has 0 spiro atoms. The molecule has 0 heterocycles. The van der Waals surface area contributed by atoms with E-state index in [1.165, 1.54) is 14.2 Å². The highest BCUT2D eigenvalue weighted by Gasteiger charge is 2.25. The molecule has 0 unspecified atom stereocenters. The van der Waals surface area contributed by atoms with Crippen molar-refractivity contribution < 1.29 is 27.9 Å². The van der Waals surface area contributed by atoms with Gasteiger partial charge in [-0.25, -0.2) is 4.79 Å². The minimum absolute atomic E-state index is 0.0103. The smallest absolute Gasteiger partial charge is 0.377 e. The molecule has 0 saturated heterocycles. The largest absolute Gasteiger partial charge is 0.496 e. The van der Waals surface area contributed by atoms with Crippen LogP contribution in [-0.2, 0) is 23.1 Å². The average molecular weight is 425 g/mol. The number of carbonyl (C=O) groups is 1. The van der Waals surface area contributed by atoms with Crippen LogP contribution >= 0.6 is 0 Å². The summed E-state index contributed by atoms with van der Waals surface area (Å²) in [6.07, 6.45) is 0.777. The highest BCUT2D eigenvalue weighted by atomic mass is 28.4. The van der Waals surface area contributed by atoms with Crippen molar-refractivity contribution in [3.05, 3.63) is 29.5 Å². The number of esters is 1. The minimum Gasteiger partial charge on any atom is -0.496 e. The molecule has 156 valence electrons. The van der Waals surface area contributed by atoms with Crippen LogP contribution in [0.4, 0.5) is 0 Å². The van der Waals surface area contributed by atoms with Crippen molar-refractivity contribution in [3.8, 4) is 5.75 Å². The van der Waals surface area contributed by atoms with Crippen molar-refractivity contribution in [1.82, 2.24) is 0 Å². The van der Waals surface area contributed by atoms with Gasteiger partial charge in [-0.3, -0.25) is 0 Å². The molecule has 0 aliphatic carbocycles. The first-order chi connectivity index (χ1) is 13.1. The molecular formula is C20H32O6Si2. The van der Waals surface area contributed by atoms with E-state index < -0.39 is 14.3 Å². The Kier molecular flexibility index (Phi) is 9.77. The summed E-state index contributed by atoms with van der Waals surface area (Å²) in [6, 6.07) is 5.65. The second-order valence-corrected chi connectivity index (χ2v) is 13.4. The van der Waals surface area contributed by atoms with Crippen LogP contribution in [0.2, 0.25) is 19.6 Å². The fourth-order valence-corrected chi connectivity index (χ4v) is 4.43. The van der Waals surface area contributed by atoms with Gasteiger partial charge >= 0.3 is 5.97 Å². The molecule has 0 saturated carbocycles. The SMILES string of the molecule is COC(C(=O)OCCC(C)C)=C(OC)c1cccc([Si]O[Si](C)(C)C)c1OC. The van der Waals surface area contributed by atoms with Crippen LogP contribution in [0.15, 0.2) is 24.0 Å². The number of rotatable bonds is 11. The number of ether oxygens (including phenoxy) is 4.